The van der Waals surface area contributed by atoms with Gasteiger partial charge in [-0.1, -0.05) is 0 Å². The summed E-state index contributed by atoms with van der Waals surface area (Å²) in [6.07, 6.45) is 2.68. The highest BCUT2D eigenvalue weighted by atomic mass is 16.7. The van der Waals surface area contributed by atoms with Gasteiger partial charge in [-0.05, 0) is 26.8 Å². The molecule has 1 heterocycles. The van der Waals surface area contributed by atoms with Gasteiger partial charge in [0, 0.05) is 29.3 Å². The summed E-state index contributed by atoms with van der Waals surface area (Å²) in [7, 11) is 0. The molecule has 7 nitrogen and oxygen atoms in total. The molecule has 0 N–H and O–H groups in total. The van der Waals surface area contributed by atoms with Crippen LogP contribution < -0.4 is 4.74 Å². The van der Waals surface area contributed by atoms with Crippen LogP contribution in [-0.2, 0) is 20.9 Å². The lowest BCUT2D eigenvalue weighted by atomic mass is 10.1. The zero-order valence-electron chi connectivity index (χ0n) is 12.6. The third-order valence-corrected chi connectivity index (χ3v) is 2.74. The normalized spacial score (nSPS) is 14.3. The van der Waals surface area contributed by atoms with E-state index in [1.165, 1.54) is 24.3 Å². The fourth-order valence-electron chi connectivity index (χ4n) is 1.95. The molecular weight excluding hydrogens is 290 g/mol. The van der Waals surface area contributed by atoms with Crippen LogP contribution in [0.4, 0.5) is 5.69 Å². The number of rotatable bonds is 3. The van der Waals surface area contributed by atoms with Crippen molar-refractivity contribution in [2.24, 2.45) is 0 Å². The lowest BCUT2D eigenvalue weighted by Crippen LogP contribution is -2.22. The molecule has 1 aromatic carbocycles. The van der Waals surface area contributed by atoms with Crippen LogP contribution in [0, 0.1) is 10.1 Å². The fourth-order valence-corrected chi connectivity index (χ4v) is 1.95. The first kappa shape index (κ1) is 16.0. The summed E-state index contributed by atoms with van der Waals surface area (Å²) in [5.41, 5.74) is 0.327. The van der Waals surface area contributed by atoms with Crippen molar-refractivity contribution in [3.05, 3.63) is 39.4 Å². The van der Waals surface area contributed by atoms with Crippen LogP contribution in [0.2, 0.25) is 0 Å². The van der Waals surface area contributed by atoms with E-state index in [1.54, 1.807) is 20.8 Å². The molecule has 0 fully saturated rings. The maximum atomic E-state index is 11.7. The molecule has 0 saturated heterocycles. The number of hydrogen-bond donors (Lipinski definition) is 0. The summed E-state index contributed by atoms with van der Waals surface area (Å²) >= 11 is 0. The second-order valence-electron chi connectivity index (χ2n) is 5.76. The second-order valence-corrected chi connectivity index (χ2v) is 5.76. The standard InChI is InChI=1S/C15H17NO6/c1-15(2,3)22-13(17)5-4-10-6-12(16(18)19)7-11-8-20-9-21-14(10)11/h4-7H,8-9H2,1-3H3/b5-4+. The van der Waals surface area contributed by atoms with Crippen LogP contribution in [-0.4, -0.2) is 23.3 Å². The maximum absolute atomic E-state index is 11.7. The minimum atomic E-state index is -0.603. The molecule has 1 aromatic rings. The molecule has 0 amide bonds. The Morgan fingerprint density at radius 1 is 1.41 bits per heavy atom. The van der Waals surface area contributed by atoms with Crippen LogP contribution in [0.25, 0.3) is 6.08 Å². The van der Waals surface area contributed by atoms with Crippen LogP contribution >= 0.6 is 0 Å². The topological polar surface area (TPSA) is 87.9 Å². The predicted molar refractivity (Wildman–Crippen MR) is 78.3 cm³/mol. The molecule has 0 saturated carbocycles. The van der Waals surface area contributed by atoms with Gasteiger partial charge in [-0.15, -0.1) is 0 Å². The maximum Gasteiger partial charge on any atom is 0.331 e. The SMILES string of the molecule is CC(C)(C)OC(=O)/C=C/c1cc([N+](=O)[O-])cc2c1OCOC2. The van der Waals surface area contributed by atoms with Gasteiger partial charge >= 0.3 is 5.97 Å². The summed E-state index contributed by atoms with van der Waals surface area (Å²) in [4.78, 5) is 22.2. The number of benzene rings is 1. The molecule has 118 valence electrons. The van der Waals surface area contributed by atoms with E-state index in [-0.39, 0.29) is 19.1 Å². The third kappa shape index (κ3) is 4.05. The number of nitrogens with zero attached hydrogens (tertiary/aromatic N) is 1. The van der Waals surface area contributed by atoms with Gasteiger partial charge in [0.05, 0.1) is 11.5 Å². The third-order valence-electron chi connectivity index (χ3n) is 2.74. The van der Waals surface area contributed by atoms with Crippen molar-refractivity contribution < 1.29 is 23.9 Å². The monoisotopic (exact) mass is 307 g/mol. The van der Waals surface area contributed by atoms with Crippen molar-refractivity contribution in [3.63, 3.8) is 0 Å². The number of non-ortho nitro benzene ring substituents is 1. The highest BCUT2D eigenvalue weighted by Gasteiger charge is 2.20. The van der Waals surface area contributed by atoms with Gasteiger partial charge in [-0.3, -0.25) is 10.1 Å². The zero-order valence-corrected chi connectivity index (χ0v) is 12.6. The Bertz CT molecular complexity index is 630. The van der Waals surface area contributed by atoms with Gasteiger partial charge < -0.3 is 14.2 Å². The van der Waals surface area contributed by atoms with Crippen molar-refractivity contribution in [2.75, 3.05) is 6.79 Å². The van der Waals surface area contributed by atoms with E-state index in [4.69, 9.17) is 14.2 Å². The molecule has 0 atom stereocenters. The molecule has 2 rings (SSSR count). The van der Waals surface area contributed by atoms with E-state index in [0.717, 1.165) is 0 Å². The summed E-state index contributed by atoms with van der Waals surface area (Å²) in [6.45, 7) is 5.57. The number of fused-ring (bicyclic) bond motifs is 1. The van der Waals surface area contributed by atoms with Crippen molar-refractivity contribution in [3.8, 4) is 5.75 Å². The molecule has 22 heavy (non-hydrogen) atoms. The molecule has 0 spiro atoms. The first-order chi connectivity index (χ1) is 10.3. The van der Waals surface area contributed by atoms with Gasteiger partial charge in [-0.2, -0.15) is 0 Å². The van der Waals surface area contributed by atoms with E-state index in [9.17, 15) is 14.9 Å². The van der Waals surface area contributed by atoms with E-state index in [0.29, 0.717) is 16.9 Å². The average Bonchev–Trinajstić information content (AvgIpc) is 2.42. The lowest BCUT2D eigenvalue weighted by Gasteiger charge is -2.20. The highest BCUT2D eigenvalue weighted by molar-refractivity contribution is 5.88. The Balaban J connectivity index is 2.31. The first-order valence-corrected chi connectivity index (χ1v) is 6.69. The molecule has 0 bridgehead atoms. The molecule has 1 aliphatic heterocycles. The van der Waals surface area contributed by atoms with Crippen molar-refractivity contribution >= 4 is 17.7 Å². The van der Waals surface area contributed by atoms with E-state index in [1.807, 2.05) is 0 Å². The Hall–Kier alpha value is -2.41. The van der Waals surface area contributed by atoms with Crippen molar-refractivity contribution in [2.45, 2.75) is 33.0 Å². The van der Waals surface area contributed by atoms with Crippen molar-refractivity contribution in [1.82, 2.24) is 0 Å². The minimum Gasteiger partial charge on any atom is -0.467 e. The summed E-state index contributed by atoms with van der Waals surface area (Å²) < 4.78 is 15.6. The van der Waals surface area contributed by atoms with Crippen LogP contribution in [0.1, 0.15) is 31.9 Å². The van der Waals surface area contributed by atoms with Gasteiger partial charge in [-0.25, -0.2) is 4.79 Å². The number of ether oxygens (including phenoxy) is 3. The van der Waals surface area contributed by atoms with Gasteiger partial charge in [0.2, 0.25) is 0 Å². The zero-order chi connectivity index (χ0) is 16.3. The Kier molecular flexibility index (Phi) is 4.46. The summed E-state index contributed by atoms with van der Waals surface area (Å²) in [6, 6.07) is 2.75. The highest BCUT2D eigenvalue weighted by Crippen LogP contribution is 2.33. The molecule has 1 aliphatic rings. The number of nitro groups is 1. The lowest BCUT2D eigenvalue weighted by molar-refractivity contribution is -0.385. The second kappa shape index (κ2) is 6.15. The van der Waals surface area contributed by atoms with Crippen molar-refractivity contribution in [1.29, 1.82) is 0 Å². The van der Waals surface area contributed by atoms with Gasteiger partial charge in [0.1, 0.15) is 11.4 Å². The average molecular weight is 307 g/mol. The Morgan fingerprint density at radius 2 is 2.14 bits per heavy atom. The molecule has 0 unspecified atom stereocenters. The molecule has 0 aromatic heterocycles. The van der Waals surface area contributed by atoms with E-state index < -0.39 is 16.5 Å². The Morgan fingerprint density at radius 3 is 2.77 bits per heavy atom. The smallest absolute Gasteiger partial charge is 0.331 e. The first-order valence-electron chi connectivity index (χ1n) is 6.69. The van der Waals surface area contributed by atoms with Crippen LogP contribution in [0.5, 0.6) is 5.75 Å². The Labute approximate surface area is 127 Å². The quantitative estimate of drug-likeness (QED) is 0.369. The molecule has 7 heteroatoms. The summed E-state index contributed by atoms with van der Waals surface area (Å²) in [5.74, 6) is -0.0449. The number of hydrogen-bond acceptors (Lipinski definition) is 6. The number of esters is 1. The van der Waals surface area contributed by atoms with Gasteiger partial charge in [0.15, 0.2) is 6.79 Å². The van der Waals surface area contributed by atoms with Crippen LogP contribution in [0.15, 0.2) is 18.2 Å². The number of nitro benzene ring substituents is 1. The van der Waals surface area contributed by atoms with Crippen LogP contribution in [0.3, 0.4) is 0 Å². The fraction of sp³-hybridized carbons (Fsp3) is 0.400. The number of carbonyl (C=O) groups is 1. The predicted octanol–water partition coefficient (Wildman–Crippen LogP) is 2.82. The molecule has 0 aliphatic carbocycles. The van der Waals surface area contributed by atoms with Gasteiger partial charge in [0.25, 0.3) is 5.69 Å². The summed E-state index contributed by atoms with van der Waals surface area (Å²) in [5, 5.41) is 11.0. The number of carbonyl (C=O) groups excluding carboxylic acids is 1. The molecule has 0 radical (unpaired) electrons. The largest absolute Gasteiger partial charge is 0.467 e. The minimum absolute atomic E-state index is 0.0675. The molecular formula is C15H17NO6. The van der Waals surface area contributed by atoms with E-state index >= 15 is 0 Å². The van der Waals surface area contributed by atoms with E-state index in [2.05, 4.69) is 0 Å².